The monoisotopic (exact) mass is 278 g/mol. The average molecular weight is 278 g/mol. The Bertz CT molecular complexity index is 415. The van der Waals surface area contributed by atoms with Crippen molar-refractivity contribution in [3.8, 4) is 0 Å². The summed E-state index contributed by atoms with van der Waals surface area (Å²) in [7, 11) is 1.96. The zero-order chi connectivity index (χ0) is 13.7. The van der Waals surface area contributed by atoms with Crippen LogP contribution in [0.25, 0.3) is 0 Å². The molecule has 2 rings (SSSR count). The van der Waals surface area contributed by atoms with Crippen LogP contribution in [0.5, 0.6) is 0 Å². The lowest BCUT2D eigenvalue weighted by Crippen LogP contribution is -2.27. The van der Waals surface area contributed by atoms with Crippen molar-refractivity contribution in [2.24, 2.45) is 5.92 Å². The van der Waals surface area contributed by atoms with Gasteiger partial charge in [-0.25, -0.2) is 0 Å². The molecule has 3 nitrogen and oxygen atoms in total. The second kappa shape index (κ2) is 6.96. The van der Waals surface area contributed by atoms with E-state index in [4.69, 9.17) is 0 Å². The molecule has 1 aliphatic rings. The molecule has 1 unspecified atom stereocenters. The average Bonchev–Trinajstić information content (AvgIpc) is 3.26. The molecule has 0 bridgehead atoms. The van der Waals surface area contributed by atoms with Gasteiger partial charge in [-0.3, -0.25) is 4.79 Å². The van der Waals surface area contributed by atoms with Gasteiger partial charge in [0.2, 0.25) is 5.91 Å². The predicted octanol–water partition coefficient (Wildman–Crippen LogP) is 2.59. The molecule has 0 radical (unpaired) electrons. The summed E-state index contributed by atoms with van der Waals surface area (Å²) in [6, 6.07) is 8.77. The maximum Gasteiger partial charge on any atom is 0.230 e. The first kappa shape index (κ1) is 14.4. The molecule has 0 heterocycles. The smallest absolute Gasteiger partial charge is 0.230 e. The van der Waals surface area contributed by atoms with Gasteiger partial charge in [0.1, 0.15) is 0 Å². The molecule has 0 aromatic heterocycles. The zero-order valence-electron chi connectivity index (χ0n) is 11.6. The third kappa shape index (κ3) is 4.88. The van der Waals surface area contributed by atoms with Crippen molar-refractivity contribution in [1.82, 2.24) is 10.6 Å². The molecule has 1 atom stereocenters. The summed E-state index contributed by atoms with van der Waals surface area (Å²) in [5.74, 6) is 1.40. The lowest BCUT2D eigenvalue weighted by Gasteiger charge is -2.11. The van der Waals surface area contributed by atoms with Crippen molar-refractivity contribution in [2.75, 3.05) is 19.3 Å². The highest BCUT2D eigenvalue weighted by molar-refractivity contribution is 8.00. The summed E-state index contributed by atoms with van der Waals surface area (Å²) < 4.78 is 0. The van der Waals surface area contributed by atoms with Crippen molar-refractivity contribution in [3.63, 3.8) is 0 Å². The zero-order valence-corrected chi connectivity index (χ0v) is 12.4. The molecule has 104 valence electrons. The minimum absolute atomic E-state index is 0.143. The minimum Gasteiger partial charge on any atom is -0.355 e. The molecule has 1 amide bonds. The number of amides is 1. The summed E-state index contributed by atoms with van der Waals surface area (Å²) >= 11 is 1.60. The van der Waals surface area contributed by atoms with E-state index in [2.05, 4.69) is 41.8 Å². The van der Waals surface area contributed by atoms with Crippen LogP contribution in [0.2, 0.25) is 0 Å². The van der Waals surface area contributed by atoms with E-state index >= 15 is 0 Å². The third-order valence-corrected chi connectivity index (χ3v) is 4.48. The molecule has 1 fully saturated rings. The fourth-order valence-electron chi connectivity index (χ4n) is 1.80. The summed E-state index contributed by atoms with van der Waals surface area (Å²) in [5.41, 5.74) is 1.27. The molecular formula is C15H22N2OS. The van der Waals surface area contributed by atoms with Crippen LogP contribution >= 0.6 is 11.8 Å². The first-order chi connectivity index (χ1) is 9.19. The number of carbonyl (C=O) groups is 1. The van der Waals surface area contributed by atoms with Gasteiger partial charge in [-0.1, -0.05) is 12.1 Å². The van der Waals surface area contributed by atoms with Crippen LogP contribution in [-0.2, 0) is 4.79 Å². The minimum atomic E-state index is 0.143. The fraction of sp³-hybridized carbons (Fsp3) is 0.533. The van der Waals surface area contributed by atoms with Crippen LogP contribution < -0.4 is 10.6 Å². The fourth-order valence-corrected chi connectivity index (χ4v) is 2.53. The normalized spacial score (nSPS) is 16.1. The molecule has 1 aromatic rings. The van der Waals surface area contributed by atoms with Gasteiger partial charge in [-0.05, 0) is 50.4 Å². The van der Waals surface area contributed by atoms with Crippen LogP contribution in [0.4, 0.5) is 0 Å². The Morgan fingerprint density at radius 2 is 2.05 bits per heavy atom. The van der Waals surface area contributed by atoms with Crippen molar-refractivity contribution in [1.29, 1.82) is 0 Å². The van der Waals surface area contributed by atoms with Crippen molar-refractivity contribution in [2.45, 2.75) is 30.7 Å². The Balaban J connectivity index is 1.74. The molecule has 19 heavy (non-hydrogen) atoms. The van der Waals surface area contributed by atoms with Gasteiger partial charge < -0.3 is 10.6 Å². The standard InChI is InChI=1S/C15H22N2OS/c1-11(16-2)13-5-7-14(8-6-13)19-10-15(18)17-9-12-3-4-12/h5-8,11-12,16H,3-4,9-10H2,1-2H3,(H,17,18). The molecule has 0 saturated heterocycles. The predicted molar refractivity (Wildman–Crippen MR) is 80.4 cm³/mol. The Morgan fingerprint density at radius 3 is 2.63 bits per heavy atom. The first-order valence-electron chi connectivity index (χ1n) is 6.85. The van der Waals surface area contributed by atoms with Crippen LogP contribution in [-0.4, -0.2) is 25.3 Å². The molecule has 1 aromatic carbocycles. The quantitative estimate of drug-likeness (QED) is 0.753. The van der Waals surface area contributed by atoms with Gasteiger partial charge in [0.15, 0.2) is 0 Å². The number of thioether (sulfide) groups is 1. The maximum atomic E-state index is 11.6. The second-order valence-corrected chi connectivity index (χ2v) is 6.16. The lowest BCUT2D eigenvalue weighted by molar-refractivity contribution is -0.118. The van der Waals surface area contributed by atoms with Crippen LogP contribution in [0.15, 0.2) is 29.2 Å². The SMILES string of the molecule is CNC(C)c1ccc(SCC(=O)NCC2CC2)cc1. The lowest BCUT2D eigenvalue weighted by atomic mass is 10.1. The Kier molecular flexibility index (Phi) is 5.28. The number of hydrogen-bond donors (Lipinski definition) is 2. The van der Waals surface area contributed by atoms with Crippen LogP contribution in [0.3, 0.4) is 0 Å². The van der Waals surface area contributed by atoms with Crippen molar-refractivity contribution >= 4 is 17.7 Å². The Morgan fingerprint density at radius 1 is 1.37 bits per heavy atom. The number of carbonyl (C=O) groups excluding carboxylic acids is 1. The molecule has 1 aliphatic carbocycles. The van der Waals surface area contributed by atoms with E-state index in [1.54, 1.807) is 11.8 Å². The van der Waals surface area contributed by atoms with Gasteiger partial charge >= 0.3 is 0 Å². The van der Waals surface area contributed by atoms with E-state index in [0.29, 0.717) is 11.8 Å². The van der Waals surface area contributed by atoms with Gasteiger partial charge in [-0.15, -0.1) is 11.8 Å². The summed E-state index contributed by atoms with van der Waals surface area (Å²) in [6.07, 6.45) is 2.55. The van der Waals surface area contributed by atoms with Crippen molar-refractivity contribution < 1.29 is 4.79 Å². The van der Waals surface area contributed by atoms with E-state index < -0.39 is 0 Å². The topological polar surface area (TPSA) is 41.1 Å². The van der Waals surface area contributed by atoms with Gasteiger partial charge in [-0.2, -0.15) is 0 Å². The highest BCUT2D eigenvalue weighted by Crippen LogP contribution is 2.27. The van der Waals surface area contributed by atoms with Crippen molar-refractivity contribution in [3.05, 3.63) is 29.8 Å². The second-order valence-electron chi connectivity index (χ2n) is 5.12. The number of hydrogen-bond acceptors (Lipinski definition) is 3. The van der Waals surface area contributed by atoms with Gasteiger partial charge in [0, 0.05) is 17.5 Å². The van der Waals surface area contributed by atoms with Gasteiger partial charge in [0.25, 0.3) is 0 Å². The summed E-state index contributed by atoms with van der Waals surface area (Å²) in [6.45, 7) is 2.99. The van der Waals surface area contributed by atoms with E-state index in [1.165, 1.54) is 18.4 Å². The maximum absolute atomic E-state index is 11.6. The highest BCUT2D eigenvalue weighted by Gasteiger charge is 2.21. The van der Waals surface area contributed by atoms with Crippen LogP contribution in [0.1, 0.15) is 31.4 Å². The van der Waals surface area contributed by atoms with E-state index in [9.17, 15) is 4.79 Å². The molecule has 1 saturated carbocycles. The van der Waals surface area contributed by atoms with E-state index in [1.807, 2.05) is 7.05 Å². The number of rotatable bonds is 7. The molecule has 4 heteroatoms. The van der Waals surface area contributed by atoms with Crippen LogP contribution in [0, 0.1) is 5.92 Å². The molecule has 2 N–H and O–H groups in total. The number of benzene rings is 1. The Labute approximate surface area is 119 Å². The van der Waals surface area contributed by atoms with E-state index in [0.717, 1.165) is 17.4 Å². The van der Waals surface area contributed by atoms with E-state index in [-0.39, 0.29) is 5.91 Å². The molecule has 0 spiro atoms. The van der Waals surface area contributed by atoms with Gasteiger partial charge in [0.05, 0.1) is 5.75 Å². The largest absolute Gasteiger partial charge is 0.355 e. The molecular weight excluding hydrogens is 256 g/mol. The first-order valence-corrected chi connectivity index (χ1v) is 7.84. The molecule has 0 aliphatic heterocycles. The Hall–Kier alpha value is -1.00. The highest BCUT2D eigenvalue weighted by atomic mass is 32.2. The third-order valence-electron chi connectivity index (χ3n) is 3.47. The number of nitrogens with one attached hydrogen (secondary N) is 2. The summed E-state index contributed by atoms with van der Waals surface area (Å²) in [4.78, 5) is 12.8. The summed E-state index contributed by atoms with van der Waals surface area (Å²) in [5, 5.41) is 6.20.